The highest BCUT2D eigenvalue weighted by atomic mass is 32.2. The molecule has 1 atom stereocenters. The Morgan fingerprint density at radius 1 is 0.741 bits per heavy atom. The zero-order chi connectivity index (χ0) is 41.6. The maximum Gasteiger partial charge on any atom is 0.407 e. The van der Waals surface area contributed by atoms with Crippen LogP contribution < -0.4 is 24.3 Å². The van der Waals surface area contributed by atoms with Crippen molar-refractivity contribution in [3.8, 4) is 34.1 Å². The predicted octanol–water partition coefficient (Wildman–Crippen LogP) is 7.34. The summed E-state index contributed by atoms with van der Waals surface area (Å²) in [6, 6.07) is 27.4. The van der Waals surface area contributed by atoms with E-state index in [1.165, 1.54) is 64.8 Å². The number of hydrogen-bond donors (Lipinski definition) is 2. The molecule has 0 fully saturated rings. The van der Waals surface area contributed by atoms with Gasteiger partial charge in [-0.05, 0) is 39.9 Å². The van der Waals surface area contributed by atoms with Crippen molar-refractivity contribution < 1.29 is 55.6 Å². The number of halogens is 2. The molecule has 5 aromatic carbocycles. The first kappa shape index (κ1) is 41.4. The molecule has 2 N–H and O–H groups in total. The quantitative estimate of drug-likeness (QED) is 0.0977. The molecule has 0 radical (unpaired) electrons. The average Bonchev–Trinajstić information content (AvgIpc) is 3.55. The summed E-state index contributed by atoms with van der Waals surface area (Å²) in [6.07, 6.45) is -1.27. The van der Waals surface area contributed by atoms with Crippen LogP contribution in [0.25, 0.3) is 11.1 Å². The average molecular weight is 817 g/mol. The third-order valence-electron chi connectivity index (χ3n) is 10.0. The summed E-state index contributed by atoms with van der Waals surface area (Å²) in [6.45, 7) is -1.07. The lowest BCUT2D eigenvalue weighted by atomic mass is 9.98. The van der Waals surface area contributed by atoms with Crippen LogP contribution in [-0.4, -0.2) is 71.0 Å². The van der Waals surface area contributed by atoms with Crippen LogP contribution in [0.4, 0.5) is 13.6 Å². The second kappa shape index (κ2) is 17.5. The number of sulfonamides is 1. The number of alkyl halides is 2. The summed E-state index contributed by atoms with van der Waals surface area (Å²) >= 11 is 0. The van der Waals surface area contributed by atoms with E-state index in [0.717, 1.165) is 34.4 Å². The molecule has 5 aromatic rings. The highest BCUT2D eigenvalue weighted by Crippen LogP contribution is 2.45. The summed E-state index contributed by atoms with van der Waals surface area (Å²) in [4.78, 5) is 25.1. The number of nitrogens with one attached hydrogen (secondary N) is 1. The molecule has 0 heterocycles. The van der Waals surface area contributed by atoms with Crippen molar-refractivity contribution in [1.82, 2.24) is 9.62 Å². The molecule has 0 spiro atoms. The number of rotatable bonds is 17. The second-order valence-corrected chi connectivity index (χ2v) is 15.4. The van der Waals surface area contributed by atoms with E-state index in [9.17, 15) is 23.1 Å². The van der Waals surface area contributed by atoms with Crippen LogP contribution in [0, 0.1) is 0 Å². The van der Waals surface area contributed by atoms with E-state index in [4.69, 9.17) is 23.7 Å². The minimum Gasteiger partial charge on any atom is -0.497 e. The molecule has 1 aliphatic rings. The van der Waals surface area contributed by atoms with E-state index in [-0.39, 0.29) is 47.1 Å². The molecule has 1 amide bonds. The number of carboxylic acid groups (broad SMARTS) is 1. The van der Waals surface area contributed by atoms with Gasteiger partial charge in [0.1, 0.15) is 35.6 Å². The Hall–Kier alpha value is -6.19. The Kier molecular flexibility index (Phi) is 12.5. The Morgan fingerprint density at radius 3 is 1.71 bits per heavy atom. The standard InChI is InChI=1S/C43H42F2N2O10S/c1-53-31-19-15-28(39(22-31)55-3)24-47(25-29-16-20-32(54-2)23-40(29)56-4)58(51,52)43(44,45)30-17-13-27(14-18-30)21-38(41(48)49)46-42(50)57-26-37-35-11-7-5-9-33(35)34-10-6-8-12-36(34)37/h5-20,22-23,37-38H,21,24-26H2,1-4H3,(H,46,50)(H,48,49)/t38-/m0/s1. The lowest BCUT2D eigenvalue weighted by molar-refractivity contribution is -0.139. The van der Waals surface area contributed by atoms with Crippen molar-refractivity contribution >= 4 is 22.1 Å². The first-order valence-corrected chi connectivity index (χ1v) is 19.5. The Bertz CT molecular complexity index is 2290. The minimum atomic E-state index is -5.49. The molecular weight excluding hydrogens is 775 g/mol. The van der Waals surface area contributed by atoms with E-state index in [2.05, 4.69) is 5.32 Å². The largest absolute Gasteiger partial charge is 0.497 e. The Balaban J connectivity index is 1.19. The number of nitrogens with zero attached hydrogens (tertiary/aromatic N) is 1. The van der Waals surface area contributed by atoms with Gasteiger partial charge in [0, 0.05) is 54.3 Å². The number of carbonyl (C=O) groups excluding carboxylic acids is 1. The fraction of sp³-hybridized carbons (Fsp3) is 0.256. The zero-order valence-corrected chi connectivity index (χ0v) is 32.9. The number of aliphatic carboxylic acids is 1. The van der Waals surface area contributed by atoms with Crippen molar-refractivity contribution in [2.45, 2.75) is 36.7 Å². The van der Waals surface area contributed by atoms with Crippen LogP contribution in [0.3, 0.4) is 0 Å². The number of methoxy groups -OCH3 is 4. The SMILES string of the molecule is COc1ccc(CN(Cc2ccc(OC)cc2OC)S(=O)(=O)C(F)(F)c2ccc(C[C@H](NC(=O)OCC3c4ccccc4-c4ccccc43)C(=O)O)cc2)c(OC)c1. The maximum absolute atomic E-state index is 16.4. The second-order valence-electron chi connectivity index (χ2n) is 13.4. The molecule has 0 saturated carbocycles. The van der Waals surface area contributed by atoms with Crippen LogP contribution in [-0.2, 0) is 44.3 Å². The molecule has 6 rings (SSSR count). The Labute approximate surface area is 334 Å². The molecule has 0 unspecified atom stereocenters. The molecule has 12 nitrogen and oxygen atoms in total. The molecule has 1 aliphatic carbocycles. The molecule has 58 heavy (non-hydrogen) atoms. The smallest absolute Gasteiger partial charge is 0.407 e. The number of hydrogen-bond acceptors (Lipinski definition) is 9. The molecule has 0 saturated heterocycles. The summed E-state index contributed by atoms with van der Waals surface area (Å²) in [7, 11) is 0.118. The molecule has 304 valence electrons. The van der Waals surface area contributed by atoms with Crippen molar-refractivity contribution in [2.24, 2.45) is 0 Å². The van der Waals surface area contributed by atoms with Crippen molar-refractivity contribution in [3.63, 3.8) is 0 Å². The van der Waals surface area contributed by atoms with Gasteiger partial charge in [0.25, 0.3) is 10.0 Å². The van der Waals surface area contributed by atoms with Gasteiger partial charge in [-0.25, -0.2) is 18.0 Å². The maximum atomic E-state index is 16.4. The number of alkyl carbamates (subject to hydrolysis) is 1. The predicted molar refractivity (Wildman–Crippen MR) is 211 cm³/mol. The van der Waals surface area contributed by atoms with E-state index in [1.807, 2.05) is 48.5 Å². The van der Waals surface area contributed by atoms with Crippen LogP contribution in [0.5, 0.6) is 23.0 Å². The van der Waals surface area contributed by atoms with Gasteiger partial charge in [0.15, 0.2) is 0 Å². The molecule has 0 bridgehead atoms. The van der Waals surface area contributed by atoms with Crippen LogP contribution >= 0.6 is 0 Å². The number of amides is 1. The van der Waals surface area contributed by atoms with Gasteiger partial charge in [0.2, 0.25) is 0 Å². The van der Waals surface area contributed by atoms with Gasteiger partial charge >= 0.3 is 17.3 Å². The number of fused-ring (bicyclic) bond motifs is 3. The van der Waals surface area contributed by atoms with Crippen molar-refractivity contribution in [1.29, 1.82) is 0 Å². The number of ether oxygens (including phenoxy) is 5. The number of benzene rings is 5. The van der Waals surface area contributed by atoms with Gasteiger partial charge < -0.3 is 34.1 Å². The van der Waals surface area contributed by atoms with E-state index in [1.54, 1.807) is 12.1 Å². The fourth-order valence-electron chi connectivity index (χ4n) is 6.93. The molecule has 0 aliphatic heterocycles. The highest BCUT2D eigenvalue weighted by Gasteiger charge is 2.50. The monoisotopic (exact) mass is 816 g/mol. The minimum absolute atomic E-state index is 0.0437. The highest BCUT2D eigenvalue weighted by molar-refractivity contribution is 7.89. The first-order chi connectivity index (χ1) is 27.8. The molecule has 0 aromatic heterocycles. The van der Waals surface area contributed by atoms with Crippen LogP contribution in [0.2, 0.25) is 0 Å². The van der Waals surface area contributed by atoms with Crippen LogP contribution in [0.1, 0.15) is 39.3 Å². The lowest BCUT2D eigenvalue weighted by Gasteiger charge is -2.29. The van der Waals surface area contributed by atoms with Crippen LogP contribution in [0.15, 0.2) is 109 Å². The summed E-state index contributed by atoms with van der Waals surface area (Å²) in [5.41, 5.74) is 3.97. The zero-order valence-electron chi connectivity index (χ0n) is 32.1. The number of carboxylic acids is 1. The van der Waals surface area contributed by atoms with Gasteiger partial charge in [-0.3, -0.25) is 0 Å². The van der Waals surface area contributed by atoms with E-state index >= 15 is 8.78 Å². The van der Waals surface area contributed by atoms with Crippen molar-refractivity contribution in [3.05, 3.63) is 143 Å². The normalized spacial score (nSPS) is 12.9. The molecular formula is C43H42F2N2O10S. The number of carbonyl (C=O) groups is 2. The molecule has 15 heteroatoms. The third kappa shape index (κ3) is 8.55. The van der Waals surface area contributed by atoms with Gasteiger partial charge in [-0.15, -0.1) is 0 Å². The third-order valence-corrected chi connectivity index (χ3v) is 11.8. The fourth-order valence-corrected chi connectivity index (χ4v) is 8.31. The van der Waals surface area contributed by atoms with Gasteiger partial charge in [-0.1, -0.05) is 84.9 Å². The van der Waals surface area contributed by atoms with Gasteiger partial charge in [-0.2, -0.15) is 13.1 Å². The topological polar surface area (TPSA) is 150 Å². The Morgan fingerprint density at radius 2 is 1.24 bits per heavy atom. The summed E-state index contributed by atoms with van der Waals surface area (Å²) < 4.78 is 88.4. The van der Waals surface area contributed by atoms with E-state index in [0.29, 0.717) is 15.8 Å². The first-order valence-electron chi connectivity index (χ1n) is 18.0. The summed E-state index contributed by atoms with van der Waals surface area (Å²) in [5.74, 6) is -0.378. The van der Waals surface area contributed by atoms with Crippen molar-refractivity contribution in [2.75, 3.05) is 35.0 Å². The summed E-state index contributed by atoms with van der Waals surface area (Å²) in [5, 5.41) is 7.83. The lowest BCUT2D eigenvalue weighted by Crippen LogP contribution is -2.43. The van der Waals surface area contributed by atoms with E-state index < -0.39 is 52.0 Å². The van der Waals surface area contributed by atoms with Gasteiger partial charge in [0.05, 0.1) is 28.4 Å².